The lowest BCUT2D eigenvalue weighted by molar-refractivity contribution is 0.0871. The molecule has 0 rings (SSSR count). The van der Waals surface area contributed by atoms with Gasteiger partial charge in [-0.3, -0.25) is 5.32 Å². The second-order valence-electron chi connectivity index (χ2n) is 2.76. The molecule has 11 heavy (non-hydrogen) atoms. The zero-order valence-electron chi connectivity index (χ0n) is 7.72. The summed E-state index contributed by atoms with van der Waals surface area (Å²) in [5.74, 6) is 0. The average molecular weight is 161 g/mol. The van der Waals surface area contributed by atoms with Crippen molar-refractivity contribution in [1.29, 1.82) is 0 Å². The maximum Gasteiger partial charge on any atom is 0.0967 e. The maximum absolute atomic E-state index is 5.26. The summed E-state index contributed by atoms with van der Waals surface area (Å²) in [5.41, 5.74) is 0. The van der Waals surface area contributed by atoms with Crippen LogP contribution in [0.2, 0.25) is 0 Å². The van der Waals surface area contributed by atoms with E-state index < -0.39 is 0 Å². The lowest BCUT2D eigenvalue weighted by atomic mass is 10.4. The molecule has 0 spiro atoms. The second kappa shape index (κ2) is 7.98. The first-order chi connectivity index (χ1) is 5.27. The van der Waals surface area contributed by atoms with Crippen LogP contribution in [-0.2, 0) is 9.47 Å². The number of methoxy groups -OCH3 is 1. The minimum Gasteiger partial charge on any atom is -0.385 e. The highest BCUT2D eigenvalue weighted by Crippen LogP contribution is 1.82. The molecule has 0 saturated carbocycles. The average Bonchev–Trinajstić information content (AvgIpc) is 1.96. The van der Waals surface area contributed by atoms with Gasteiger partial charge in [0.15, 0.2) is 0 Å². The van der Waals surface area contributed by atoms with Crippen molar-refractivity contribution in [1.82, 2.24) is 5.32 Å². The molecule has 0 aromatic carbocycles. The summed E-state index contributed by atoms with van der Waals surface area (Å²) < 4.78 is 10.1. The topological polar surface area (TPSA) is 30.5 Å². The molecule has 0 aromatic heterocycles. The van der Waals surface area contributed by atoms with Gasteiger partial charge in [-0.15, -0.1) is 0 Å². The standard InChI is InChI=1S/C8H19NO2/c1-8(2)9-7-11-6-4-5-10-3/h8-9H,4-7H2,1-3H3. The van der Waals surface area contributed by atoms with E-state index in [0.29, 0.717) is 12.8 Å². The van der Waals surface area contributed by atoms with Gasteiger partial charge in [-0.1, -0.05) is 0 Å². The Morgan fingerprint density at radius 1 is 1.27 bits per heavy atom. The molecule has 1 N–H and O–H groups in total. The van der Waals surface area contributed by atoms with E-state index in [4.69, 9.17) is 9.47 Å². The van der Waals surface area contributed by atoms with E-state index in [2.05, 4.69) is 19.2 Å². The second-order valence-corrected chi connectivity index (χ2v) is 2.76. The molecule has 0 aromatic rings. The largest absolute Gasteiger partial charge is 0.385 e. The molecule has 3 nitrogen and oxygen atoms in total. The van der Waals surface area contributed by atoms with Crippen LogP contribution in [0.1, 0.15) is 20.3 Å². The summed E-state index contributed by atoms with van der Waals surface area (Å²) in [6, 6.07) is 0.498. The minimum absolute atomic E-state index is 0.498. The van der Waals surface area contributed by atoms with E-state index in [1.807, 2.05) is 0 Å². The molecule has 0 saturated heterocycles. The molecule has 0 aliphatic heterocycles. The lowest BCUT2D eigenvalue weighted by Crippen LogP contribution is -2.25. The van der Waals surface area contributed by atoms with E-state index >= 15 is 0 Å². The van der Waals surface area contributed by atoms with Gasteiger partial charge in [0.2, 0.25) is 0 Å². The number of hydrogen-bond donors (Lipinski definition) is 1. The fraction of sp³-hybridized carbons (Fsp3) is 1.00. The van der Waals surface area contributed by atoms with Gasteiger partial charge >= 0.3 is 0 Å². The van der Waals surface area contributed by atoms with Crippen molar-refractivity contribution in [2.24, 2.45) is 0 Å². The summed E-state index contributed by atoms with van der Waals surface area (Å²) in [6.45, 7) is 6.38. The zero-order valence-corrected chi connectivity index (χ0v) is 7.72. The van der Waals surface area contributed by atoms with Crippen molar-refractivity contribution in [2.75, 3.05) is 27.1 Å². The minimum atomic E-state index is 0.498. The van der Waals surface area contributed by atoms with Crippen LogP contribution in [-0.4, -0.2) is 33.1 Å². The Kier molecular flexibility index (Phi) is 7.89. The van der Waals surface area contributed by atoms with Crippen molar-refractivity contribution in [3.63, 3.8) is 0 Å². The fourth-order valence-corrected chi connectivity index (χ4v) is 0.603. The van der Waals surface area contributed by atoms with Crippen molar-refractivity contribution in [3.8, 4) is 0 Å². The van der Waals surface area contributed by atoms with Crippen LogP contribution in [0.25, 0.3) is 0 Å². The molecule has 0 fully saturated rings. The van der Waals surface area contributed by atoms with Crippen LogP contribution >= 0.6 is 0 Å². The molecule has 0 radical (unpaired) electrons. The van der Waals surface area contributed by atoms with Crippen LogP contribution < -0.4 is 5.32 Å². The number of rotatable bonds is 7. The zero-order chi connectivity index (χ0) is 8.53. The van der Waals surface area contributed by atoms with E-state index in [9.17, 15) is 0 Å². The molecule has 0 aliphatic carbocycles. The number of nitrogens with one attached hydrogen (secondary N) is 1. The van der Waals surface area contributed by atoms with E-state index in [1.54, 1.807) is 7.11 Å². The molecule has 0 heterocycles. The molecule has 0 aliphatic rings. The van der Waals surface area contributed by atoms with E-state index in [0.717, 1.165) is 19.6 Å². The fourth-order valence-electron chi connectivity index (χ4n) is 0.603. The van der Waals surface area contributed by atoms with Crippen molar-refractivity contribution >= 4 is 0 Å². The quantitative estimate of drug-likeness (QED) is 0.446. The highest BCUT2D eigenvalue weighted by atomic mass is 16.5. The van der Waals surface area contributed by atoms with Gasteiger partial charge in [0.25, 0.3) is 0 Å². The van der Waals surface area contributed by atoms with Crippen LogP contribution in [0.3, 0.4) is 0 Å². The Morgan fingerprint density at radius 2 is 2.00 bits per heavy atom. The van der Waals surface area contributed by atoms with Gasteiger partial charge in [0, 0.05) is 19.8 Å². The monoisotopic (exact) mass is 161 g/mol. The number of ether oxygens (including phenoxy) is 2. The third-order valence-corrected chi connectivity index (χ3v) is 1.23. The van der Waals surface area contributed by atoms with Gasteiger partial charge < -0.3 is 9.47 Å². The third kappa shape index (κ3) is 9.88. The molecule has 0 bridgehead atoms. The number of hydrogen-bond acceptors (Lipinski definition) is 3. The molecule has 0 amide bonds. The first-order valence-electron chi connectivity index (χ1n) is 4.07. The third-order valence-electron chi connectivity index (χ3n) is 1.23. The highest BCUT2D eigenvalue weighted by molar-refractivity contribution is 4.45. The molecule has 0 atom stereocenters. The van der Waals surface area contributed by atoms with Crippen LogP contribution in [0.4, 0.5) is 0 Å². The van der Waals surface area contributed by atoms with E-state index in [-0.39, 0.29) is 0 Å². The first-order valence-corrected chi connectivity index (χ1v) is 4.07. The molecular weight excluding hydrogens is 142 g/mol. The predicted molar refractivity (Wildman–Crippen MR) is 45.6 cm³/mol. The summed E-state index contributed by atoms with van der Waals surface area (Å²) in [4.78, 5) is 0. The Balaban J connectivity index is 2.80. The molecular formula is C8H19NO2. The maximum atomic E-state index is 5.26. The van der Waals surface area contributed by atoms with Crippen LogP contribution in [0, 0.1) is 0 Å². The molecule has 68 valence electrons. The molecule has 0 unspecified atom stereocenters. The summed E-state index contributed by atoms with van der Waals surface area (Å²) in [6.07, 6.45) is 0.969. The van der Waals surface area contributed by atoms with Crippen molar-refractivity contribution in [3.05, 3.63) is 0 Å². The SMILES string of the molecule is COCCCOCNC(C)C. The molecule has 3 heteroatoms. The van der Waals surface area contributed by atoms with Crippen molar-refractivity contribution < 1.29 is 9.47 Å². The highest BCUT2D eigenvalue weighted by Gasteiger charge is 1.90. The van der Waals surface area contributed by atoms with Gasteiger partial charge in [0.1, 0.15) is 0 Å². The smallest absolute Gasteiger partial charge is 0.0967 e. The van der Waals surface area contributed by atoms with Gasteiger partial charge in [-0.2, -0.15) is 0 Å². The lowest BCUT2D eigenvalue weighted by Gasteiger charge is -2.08. The Bertz CT molecular complexity index is 76.5. The Labute approximate surface area is 69.1 Å². The van der Waals surface area contributed by atoms with Gasteiger partial charge in [0.05, 0.1) is 13.3 Å². The first kappa shape index (κ1) is 10.9. The van der Waals surface area contributed by atoms with Crippen LogP contribution in [0.15, 0.2) is 0 Å². The Hall–Kier alpha value is -0.120. The Morgan fingerprint density at radius 3 is 2.55 bits per heavy atom. The van der Waals surface area contributed by atoms with Gasteiger partial charge in [-0.25, -0.2) is 0 Å². The summed E-state index contributed by atoms with van der Waals surface area (Å²) in [5, 5.41) is 3.16. The summed E-state index contributed by atoms with van der Waals surface area (Å²) in [7, 11) is 1.70. The van der Waals surface area contributed by atoms with Crippen LogP contribution in [0.5, 0.6) is 0 Å². The van der Waals surface area contributed by atoms with Crippen molar-refractivity contribution in [2.45, 2.75) is 26.3 Å². The van der Waals surface area contributed by atoms with E-state index in [1.165, 1.54) is 0 Å². The van der Waals surface area contributed by atoms with Gasteiger partial charge in [-0.05, 0) is 20.3 Å². The normalized spacial score (nSPS) is 10.9. The summed E-state index contributed by atoms with van der Waals surface area (Å²) >= 11 is 0. The predicted octanol–water partition coefficient (Wildman–Crippen LogP) is 0.995.